The molecule has 1 aromatic heterocycles. The van der Waals surface area contributed by atoms with Gasteiger partial charge in [0.15, 0.2) is 0 Å². The van der Waals surface area contributed by atoms with Gasteiger partial charge in [-0.2, -0.15) is 0 Å². The van der Waals surface area contributed by atoms with Crippen LogP contribution in [0.1, 0.15) is 24.2 Å². The van der Waals surface area contributed by atoms with Gasteiger partial charge in [-0.25, -0.2) is 0 Å². The fourth-order valence-corrected chi connectivity index (χ4v) is 1.89. The smallest absolute Gasteiger partial charge is 0.311 e. The number of furan rings is 1. The quantitative estimate of drug-likeness (QED) is 0.689. The first-order valence-electron chi connectivity index (χ1n) is 3.99. The fraction of sp³-hybridized carbons (Fsp3) is 0.444. The summed E-state index contributed by atoms with van der Waals surface area (Å²) in [6.45, 7) is 1.94. The zero-order chi connectivity index (χ0) is 8.72. The van der Waals surface area contributed by atoms with Crippen LogP contribution in [0.5, 0.6) is 0 Å². The molecule has 1 heterocycles. The van der Waals surface area contributed by atoms with Gasteiger partial charge in [-0.15, -0.1) is 0 Å². The molecule has 2 atom stereocenters. The number of fused-ring (bicyclic) bond motifs is 1. The summed E-state index contributed by atoms with van der Waals surface area (Å²) >= 11 is 0. The van der Waals surface area contributed by atoms with Crippen molar-refractivity contribution in [1.82, 2.24) is 0 Å². The van der Waals surface area contributed by atoms with Gasteiger partial charge < -0.3 is 9.52 Å². The Bertz CT molecular complexity index is 313. The molecule has 0 fully saturated rings. The average molecular weight is 166 g/mol. The molecule has 0 aromatic carbocycles. The Morgan fingerprint density at radius 2 is 2.50 bits per heavy atom. The molecule has 0 amide bonds. The van der Waals surface area contributed by atoms with Crippen LogP contribution in [0.25, 0.3) is 0 Å². The van der Waals surface area contributed by atoms with Crippen LogP contribution < -0.4 is 0 Å². The molecule has 3 nitrogen and oxygen atoms in total. The molecular formula is C9H10O3. The first kappa shape index (κ1) is 7.40. The van der Waals surface area contributed by atoms with Crippen LogP contribution in [0.3, 0.4) is 0 Å². The van der Waals surface area contributed by atoms with E-state index < -0.39 is 5.97 Å². The van der Waals surface area contributed by atoms with Crippen LogP contribution in [0.2, 0.25) is 0 Å². The second-order valence-electron chi connectivity index (χ2n) is 3.30. The van der Waals surface area contributed by atoms with Gasteiger partial charge in [0.2, 0.25) is 0 Å². The monoisotopic (exact) mass is 166 g/mol. The topological polar surface area (TPSA) is 50.4 Å². The predicted molar refractivity (Wildman–Crippen MR) is 42.0 cm³/mol. The minimum atomic E-state index is -0.748. The Labute approximate surface area is 70.0 Å². The molecular weight excluding hydrogens is 156 g/mol. The van der Waals surface area contributed by atoms with Gasteiger partial charge in [-0.1, -0.05) is 6.92 Å². The Morgan fingerprint density at radius 3 is 3.17 bits per heavy atom. The number of carboxylic acid groups (broad SMARTS) is 1. The molecule has 1 aromatic rings. The van der Waals surface area contributed by atoms with Crippen molar-refractivity contribution in [3.8, 4) is 0 Å². The third-order valence-corrected chi connectivity index (χ3v) is 2.46. The van der Waals surface area contributed by atoms with Gasteiger partial charge in [-0.05, 0) is 12.0 Å². The summed E-state index contributed by atoms with van der Waals surface area (Å²) in [5.41, 5.74) is 0.856. The second-order valence-corrected chi connectivity index (χ2v) is 3.30. The summed E-state index contributed by atoms with van der Waals surface area (Å²) in [6, 6.07) is 1.76. The van der Waals surface area contributed by atoms with Crippen LogP contribution in [0, 0.1) is 5.92 Å². The van der Waals surface area contributed by atoms with Crippen LogP contribution in [-0.2, 0) is 11.2 Å². The molecule has 12 heavy (non-hydrogen) atoms. The maximum Gasteiger partial charge on any atom is 0.311 e. The predicted octanol–water partition coefficient (Wildman–Crippen LogP) is 1.64. The normalized spacial score (nSPS) is 27.1. The number of hydrogen-bond acceptors (Lipinski definition) is 2. The lowest BCUT2D eigenvalue weighted by Crippen LogP contribution is -2.14. The number of carbonyl (C=O) groups is 1. The minimum Gasteiger partial charge on any atom is -0.481 e. The van der Waals surface area contributed by atoms with E-state index in [-0.39, 0.29) is 11.8 Å². The second kappa shape index (κ2) is 2.37. The van der Waals surface area contributed by atoms with Crippen molar-refractivity contribution >= 4 is 5.97 Å². The lowest BCUT2D eigenvalue weighted by molar-refractivity contribution is -0.139. The molecule has 0 spiro atoms. The van der Waals surface area contributed by atoms with E-state index in [2.05, 4.69) is 0 Å². The Hall–Kier alpha value is -1.25. The number of carboxylic acids is 1. The van der Waals surface area contributed by atoms with Gasteiger partial charge in [0.25, 0.3) is 0 Å². The Balaban J connectivity index is 2.41. The lowest BCUT2D eigenvalue weighted by atomic mass is 9.95. The van der Waals surface area contributed by atoms with Crippen molar-refractivity contribution in [2.24, 2.45) is 5.92 Å². The van der Waals surface area contributed by atoms with E-state index in [1.165, 1.54) is 0 Å². The Morgan fingerprint density at radius 1 is 1.75 bits per heavy atom. The number of hydrogen-bond donors (Lipinski definition) is 1. The van der Waals surface area contributed by atoms with Crippen LogP contribution in [-0.4, -0.2) is 11.1 Å². The molecule has 0 saturated carbocycles. The zero-order valence-electron chi connectivity index (χ0n) is 6.78. The molecule has 64 valence electrons. The molecule has 1 aliphatic rings. The first-order valence-corrected chi connectivity index (χ1v) is 3.99. The Kier molecular flexibility index (Phi) is 1.46. The molecule has 1 aliphatic carbocycles. The zero-order valence-corrected chi connectivity index (χ0v) is 6.78. The van der Waals surface area contributed by atoms with Gasteiger partial charge in [0.05, 0.1) is 12.2 Å². The molecule has 0 bridgehead atoms. The first-order chi connectivity index (χ1) is 5.70. The third-order valence-electron chi connectivity index (χ3n) is 2.46. The van der Waals surface area contributed by atoms with E-state index in [9.17, 15) is 4.79 Å². The van der Waals surface area contributed by atoms with Gasteiger partial charge in [0, 0.05) is 12.0 Å². The molecule has 3 heteroatoms. The number of aliphatic carboxylic acids is 1. The maximum absolute atomic E-state index is 10.8. The summed E-state index contributed by atoms with van der Waals surface area (Å²) in [4.78, 5) is 10.8. The van der Waals surface area contributed by atoms with Crippen molar-refractivity contribution < 1.29 is 14.3 Å². The minimum absolute atomic E-state index is 0.164. The summed E-state index contributed by atoms with van der Waals surface area (Å²) in [7, 11) is 0. The van der Waals surface area contributed by atoms with Gasteiger partial charge >= 0.3 is 5.97 Å². The molecule has 2 rings (SSSR count). The van der Waals surface area contributed by atoms with E-state index in [0.29, 0.717) is 0 Å². The van der Waals surface area contributed by atoms with Crippen LogP contribution in [0.4, 0.5) is 0 Å². The van der Waals surface area contributed by atoms with Crippen LogP contribution in [0.15, 0.2) is 16.7 Å². The van der Waals surface area contributed by atoms with Crippen molar-refractivity contribution in [2.45, 2.75) is 19.3 Å². The molecule has 0 aliphatic heterocycles. The summed E-state index contributed by atoms with van der Waals surface area (Å²) in [6.07, 6.45) is 2.31. The average Bonchev–Trinajstić information content (AvgIpc) is 2.44. The lowest BCUT2D eigenvalue weighted by Gasteiger charge is -2.08. The van der Waals surface area contributed by atoms with E-state index in [1.54, 1.807) is 12.3 Å². The molecule has 0 radical (unpaired) electrons. The van der Waals surface area contributed by atoms with Crippen molar-refractivity contribution in [1.29, 1.82) is 0 Å². The molecule has 1 N–H and O–H groups in total. The van der Waals surface area contributed by atoms with Crippen molar-refractivity contribution in [3.63, 3.8) is 0 Å². The fourth-order valence-electron chi connectivity index (χ4n) is 1.89. The van der Waals surface area contributed by atoms with Gasteiger partial charge in [0.1, 0.15) is 5.76 Å². The van der Waals surface area contributed by atoms with Gasteiger partial charge in [-0.3, -0.25) is 4.79 Å². The van der Waals surface area contributed by atoms with E-state index in [1.807, 2.05) is 6.92 Å². The van der Waals surface area contributed by atoms with E-state index in [0.717, 1.165) is 17.7 Å². The highest BCUT2D eigenvalue weighted by Gasteiger charge is 2.36. The summed E-state index contributed by atoms with van der Waals surface area (Å²) < 4.78 is 5.16. The molecule has 0 saturated heterocycles. The third kappa shape index (κ3) is 0.858. The highest BCUT2D eigenvalue weighted by atomic mass is 16.4. The number of rotatable bonds is 1. The molecule has 2 unspecified atom stereocenters. The van der Waals surface area contributed by atoms with E-state index >= 15 is 0 Å². The SMILES string of the molecule is CC1Cc2occc2C1C(=O)O. The van der Waals surface area contributed by atoms with Crippen molar-refractivity contribution in [2.75, 3.05) is 0 Å². The standard InChI is InChI=1S/C9H10O3/c1-5-4-7-6(2-3-12-7)8(5)9(10)11/h2-3,5,8H,4H2,1H3,(H,10,11). The summed E-state index contributed by atoms with van der Waals surface area (Å²) in [5.74, 6) is -0.103. The van der Waals surface area contributed by atoms with E-state index in [4.69, 9.17) is 9.52 Å². The summed E-state index contributed by atoms with van der Waals surface area (Å²) in [5, 5.41) is 8.91. The largest absolute Gasteiger partial charge is 0.481 e. The highest BCUT2D eigenvalue weighted by Crippen LogP contribution is 2.38. The van der Waals surface area contributed by atoms with Crippen molar-refractivity contribution in [3.05, 3.63) is 23.7 Å². The highest BCUT2D eigenvalue weighted by molar-refractivity contribution is 5.77. The van der Waals surface area contributed by atoms with Crippen LogP contribution >= 0.6 is 0 Å². The maximum atomic E-state index is 10.8.